The van der Waals surface area contributed by atoms with Crippen LogP contribution < -0.4 is 10.9 Å². The van der Waals surface area contributed by atoms with Gasteiger partial charge in [0.2, 0.25) is 0 Å². The van der Waals surface area contributed by atoms with Crippen molar-refractivity contribution in [3.8, 4) is 17.2 Å². The number of amides is 1. The van der Waals surface area contributed by atoms with Crippen molar-refractivity contribution in [3.63, 3.8) is 0 Å². The van der Waals surface area contributed by atoms with Crippen molar-refractivity contribution in [2.75, 3.05) is 0 Å². The number of hydrogen-bond donors (Lipinski definition) is 1. The Balaban J connectivity index is 1.66. The number of nitrogens with one attached hydrogen (secondary N) is 1. The number of carbonyl (C=O) groups excluding carboxylic acids is 1. The third-order valence-electron chi connectivity index (χ3n) is 6.25. The van der Waals surface area contributed by atoms with Gasteiger partial charge in [-0.1, -0.05) is 55.9 Å². The fourth-order valence-electron chi connectivity index (χ4n) is 4.51. The fourth-order valence-corrected chi connectivity index (χ4v) is 5.02. The minimum absolute atomic E-state index is 0.167. The average molecular weight is 520 g/mol. The van der Waals surface area contributed by atoms with E-state index < -0.39 is 14.1 Å². The number of aromatic nitrogens is 4. The molecule has 0 aliphatic heterocycles. The molecule has 5 aromatic rings. The smallest absolute Gasteiger partial charge is 0.264 e. The summed E-state index contributed by atoms with van der Waals surface area (Å²) in [7, 11) is -1.65. The molecule has 7 nitrogen and oxygen atoms in total. The summed E-state index contributed by atoms with van der Waals surface area (Å²) in [5.41, 5.74) is 6.80. The number of para-hydroxylation sites is 1. The molecule has 0 saturated heterocycles. The SMILES string of the molecule is Cc1nn2cccnc2c1C(=O)N[C@@H](C)c1cc2cccc(C#C[Si](C)(C)C)c2c(=O)n1-c1ccccc1. The van der Waals surface area contributed by atoms with Crippen LogP contribution in [-0.4, -0.2) is 33.1 Å². The first-order chi connectivity index (χ1) is 18.1. The van der Waals surface area contributed by atoms with Crippen molar-refractivity contribution in [1.82, 2.24) is 24.5 Å². The van der Waals surface area contributed by atoms with Gasteiger partial charge in [0.05, 0.1) is 17.1 Å². The van der Waals surface area contributed by atoms with Gasteiger partial charge < -0.3 is 5.32 Å². The third kappa shape index (κ3) is 4.76. The van der Waals surface area contributed by atoms with Crippen LogP contribution in [0.5, 0.6) is 0 Å². The fraction of sp³-hybridized carbons (Fsp3) is 0.200. The molecule has 0 spiro atoms. The molecule has 3 heterocycles. The van der Waals surface area contributed by atoms with Crippen LogP contribution in [0.4, 0.5) is 0 Å². The highest BCUT2D eigenvalue weighted by Crippen LogP contribution is 2.24. The van der Waals surface area contributed by atoms with Crippen molar-refractivity contribution in [2.45, 2.75) is 39.5 Å². The van der Waals surface area contributed by atoms with Crippen LogP contribution in [0.15, 0.2) is 77.9 Å². The van der Waals surface area contributed by atoms with Crippen LogP contribution in [0.25, 0.3) is 22.1 Å². The molecule has 8 heteroatoms. The molecular formula is C30H29N5O2Si. The van der Waals surface area contributed by atoms with Gasteiger partial charge in [0.15, 0.2) is 5.65 Å². The molecule has 0 bridgehead atoms. The van der Waals surface area contributed by atoms with E-state index >= 15 is 0 Å². The van der Waals surface area contributed by atoms with Gasteiger partial charge in [-0.05, 0) is 49.6 Å². The Morgan fingerprint density at radius 2 is 1.82 bits per heavy atom. The standard InChI is InChI=1S/C30H29N5O2Si/c1-20(32-29(36)26-21(2)33-34-17-10-16-31-28(26)34)25-19-23-12-9-11-22(15-18-38(3,4)5)27(23)30(37)35(25)24-13-7-6-8-14-24/h6-14,16-17,19-20H,1-5H3,(H,32,36)/t20-/m0/s1. The number of nitrogens with zero attached hydrogens (tertiary/aromatic N) is 4. The van der Waals surface area contributed by atoms with Crippen LogP contribution in [0.3, 0.4) is 0 Å². The van der Waals surface area contributed by atoms with Crippen LogP contribution in [-0.2, 0) is 0 Å². The molecule has 0 aliphatic carbocycles. The van der Waals surface area contributed by atoms with Gasteiger partial charge in [-0.15, -0.1) is 5.54 Å². The van der Waals surface area contributed by atoms with Crippen molar-refractivity contribution in [3.05, 3.63) is 106 Å². The summed E-state index contributed by atoms with van der Waals surface area (Å²) >= 11 is 0. The zero-order valence-electron chi connectivity index (χ0n) is 22.1. The third-order valence-corrected chi connectivity index (χ3v) is 7.13. The number of hydrogen-bond acceptors (Lipinski definition) is 4. The summed E-state index contributed by atoms with van der Waals surface area (Å²) in [6, 6.07) is 18.5. The first-order valence-electron chi connectivity index (χ1n) is 12.5. The number of rotatable bonds is 4. The zero-order chi connectivity index (χ0) is 27.0. The predicted octanol–water partition coefficient (Wildman–Crippen LogP) is 5.06. The highest BCUT2D eigenvalue weighted by Gasteiger charge is 2.23. The molecular weight excluding hydrogens is 490 g/mol. The molecule has 0 unspecified atom stereocenters. The molecule has 1 amide bonds. The lowest BCUT2D eigenvalue weighted by Gasteiger charge is -2.21. The van der Waals surface area contributed by atoms with E-state index in [-0.39, 0.29) is 11.5 Å². The van der Waals surface area contributed by atoms with E-state index in [0.717, 1.165) is 16.6 Å². The minimum atomic E-state index is -1.65. The summed E-state index contributed by atoms with van der Waals surface area (Å²) in [6.45, 7) is 10.2. The molecule has 2 aromatic carbocycles. The van der Waals surface area contributed by atoms with Crippen molar-refractivity contribution >= 4 is 30.4 Å². The Morgan fingerprint density at radius 1 is 1.05 bits per heavy atom. The number of carbonyl (C=O) groups is 1. The molecule has 1 atom stereocenters. The van der Waals surface area contributed by atoms with Gasteiger partial charge in [0, 0.05) is 29.3 Å². The van der Waals surface area contributed by atoms with Gasteiger partial charge >= 0.3 is 0 Å². The maximum absolute atomic E-state index is 14.1. The second-order valence-electron chi connectivity index (χ2n) is 10.4. The Bertz CT molecular complexity index is 1800. The maximum atomic E-state index is 14.1. The van der Waals surface area contributed by atoms with Crippen LogP contribution >= 0.6 is 0 Å². The minimum Gasteiger partial charge on any atom is -0.344 e. The molecule has 0 fully saturated rings. The zero-order valence-corrected chi connectivity index (χ0v) is 23.1. The van der Waals surface area contributed by atoms with Crippen LogP contribution in [0, 0.1) is 18.4 Å². The molecule has 1 N–H and O–H groups in total. The summed E-state index contributed by atoms with van der Waals surface area (Å²) in [5.74, 6) is 2.98. The van der Waals surface area contributed by atoms with E-state index in [0.29, 0.717) is 28.0 Å². The van der Waals surface area contributed by atoms with Crippen molar-refractivity contribution < 1.29 is 4.79 Å². The monoisotopic (exact) mass is 519 g/mol. The van der Waals surface area contributed by atoms with E-state index in [4.69, 9.17) is 0 Å². The number of aryl methyl sites for hydroxylation is 1. The van der Waals surface area contributed by atoms with Crippen LogP contribution in [0.1, 0.15) is 40.3 Å². The number of pyridine rings is 1. The molecule has 3 aromatic heterocycles. The lowest BCUT2D eigenvalue weighted by molar-refractivity contribution is 0.0939. The molecule has 5 rings (SSSR count). The Labute approximate surface area is 222 Å². The average Bonchev–Trinajstić information content (AvgIpc) is 3.23. The second-order valence-corrected chi connectivity index (χ2v) is 15.1. The van der Waals surface area contributed by atoms with Gasteiger partial charge in [0.25, 0.3) is 11.5 Å². The summed E-state index contributed by atoms with van der Waals surface area (Å²) in [4.78, 5) is 31.9. The first-order valence-corrected chi connectivity index (χ1v) is 16.0. The Hall–Kier alpha value is -4.48. The van der Waals surface area contributed by atoms with Gasteiger partial charge in [-0.3, -0.25) is 14.2 Å². The molecule has 0 aliphatic rings. The highest BCUT2D eigenvalue weighted by molar-refractivity contribution is 6.83. The van der Waals surface area contributed by atoms with Gasteiger partial charge in [-0.2, -0.15) is 5.10 Å². The number of benzene rings is 2. The highest BCUT2D eigenvalue weighted by atomic mass is 28.3. The quantitative estimate of drug-likeness (QED) is 0.266. The topological polar surface area (TPSA) is 81.3 Å². The molecule has 190 valence electrons. The van der Waals surface area contributed by atoms with Crippen molar-refractivity contribution in [2.24, 2.45) is 0 Å². The largest absolute Gasteiger partial charge is 0.344 e. The van der Waals surface area contributed by atoms with Gasteiger partial charge in [0.1, 0.15) is 13.6 Å². The van der Waals surface area contributed by atoms with E-state index in [1.807, 2.05) is 61.5 Å². The normalized spacial score (nSPS) is 12.2. The number of fused-ring (bicyclic) bond motifs is 2. The lowest BCUT2D eigenvalue weighted by Crippen LogP contribution is -2.32. The van der Waals surface area contributed by atoms with E-state index in [1.54, 1.807) is 34.5 Å². The lowest BCUT2D eigenvalue weighted by atomic mass is 10.0. The Kier molecular flexibility index (Phi) is 6.47. The van der Waals surface area contributed by atoms with E-state index in [9.17, 15) is 9.59 Å². The predicted molar refractivity (Wildman–Crippen MR) is 153 cm³/mol. The van der Waals surface area contributed by atoms with E-state index in [1.165, 1.54) is 0 Å². The first kappa shape index (κ1) is 25.2. The molecule has 38 heavy (non-hydrogen) atoms. The summed E-state index contributed by atoms with van der Waals surface area (Å²) < 4.78 is 3.27. The van der Waals surface area contributed by atoms with Gasteiger partial charge in [-0.25, -0.2) is 9.50 Å². The van der Waals surface area contributed by atoms with E-state index in [2.05, 4.69) is 46.5 Å². The van der Waals surface area contributed by atoms with Crippen molar-refractivity contribution in [1.29, 1.82) is 0 Å². The summed E-state index contributed by atoms with van der Waals surface area (Å²) in [5, 5.41) is 8.85. The summed E-state index contributed by atoms with van der Waals surface area (Å²) in [6.07, 6.45) is 3.39. The maximum Gasteiger partial charge on any atom is 0.264 e. The van der Waals surface area contributed by atoms with Crippen LogP contribution in [0.2, 0.25) is 19.6 Å². The second kappa shape index (κ2) is 9.76. The molecule has 0 saturated carbocycles. The Morgan fingerprint density at radius 3 is 2.55 bits per heavy atom. The molecule has 0 radical (unpaired) electrons.